The number of rotatable bonds is 2. The summed E-state index contributed by atoms with van der Waals surface area (Å²) < 4.78 is 13.7. The summed E-state index contributed by atoms with van der Waals surface area (Å²) in [5.41, 5.74) is 2.89. The number of nitrogens with one attached hydrogen (secondary N) is 1. The molecular weight excluding hydrogens is 241 g/mol. The number of hydrogen-bond acceptors (Lipinski definition) is 2. The third kappa shape index (κ3) is 2.12. The number of aromatic amines is 1. The Hall–Kier alpha value is -2.49. The average Bonchev–Trinajstić information content (AvgIpc) is 2.89. The van der Waals surface area contributed by atoms with Gasteiger partial charge in [-0.05, 0) is 31.2 Å². The third-order valence-corrected chi connectivity index (χ3v) is 2.99. The van der Waals surface area contributed by atoms with Gasteiger partial charge in [0.25, 0.3) is 0 Å². The van der Waals surface area contributed by atoms with Crippen molar-refractivity contribution in [3.8, 4) is 22.6 Å². The van der Waals surface area contributed by atoms with Gasteiger partial charge in [0.15, 0.2) is 0 Å². The van der Waals surface area contributed by atoms with Crippen molar-refractivity contribution < 1.29 is 4.39 Å². The van der Waals surface area contributed by atoms with E-state index < -0.39 is 0 Å². The molecule has 3 nitrogen and oxygen atoms in total. The predicted octanol–water partition coefficient (Wildman–Crippen LogP) is 3.59. The second kappa shape index (κ2) is 4.65. The van der Waals surface area contributed by atoms with Crippen LogP contribution in [0.3, 0.4) is 0 Å². The standard InChI is InChI=1S/C15H12FN3/c1-10-11(6-4-8-17-10)15-18-9-14(19-15)12-5-2-3-7-13(12)16/h2-9H,1H3,(H,18,19). The first-order chi connectivity index (χ1) is 9.25. The summed E-state index contributed by atoms with van der Waals surface area (Å²) in [7, 11) is 0. The lowest BCUT2D eigenvalue weighted by atomic mass is 10.1. The maximum absolute atomic E-state index is 13.7. The molecular formula is C15H12FN3. The summed E-state index contributed by atoms with van der Waals surface area (Å²) in [6, 6.07) is 10.4. The zero-order valence-corrected chi connectivity index (χ0v) is 10.4. The highest BCUT2D eigenvalue weighted by Crippen LogP contribution is 2.24. The molecule has 3 aromatic rings. The van der Waals surface area contributed by atoms with Crippen molar-refractivity contribution in [1.82, 2.24) is 15.0 Å². The third-order valence-electron chi connectivity index (χ3n) is 2.99. The van der Waals surface area contributed by atoms with Crippen LogP contribution in [0.4, 0.5) is 4.39 Å². The van der Waals surface area contributed by atoms with Crippen molar-refractivity contribution in [2.75, 3.05) is 0 Å². The predicted molar refractivity (Wildman–Crippen MR) is 71.9 cm³/mol. The van der Waals surface area contributed by atoms with Gasteiger partial charge in [-0.3, -0.25) is 4.98 Å². The molecule has 0 spiro atoms. The summed E-state index contributed by atoms with van der Waals surface area (Å²) in [4.78, 5) is 11.7. The summed E-state index contributed by atoms with van der Waals surface area (Å²) in [6.07, 6.45) is 3.44. The Labute approximate surface area is 110 Å². The van der Waals surface area contributed by atoms with E-state index in [1.54, 1.807) is 30.6 Å². The molecule has 0 radical (unpaired) electrons. The number of imidazole rings is 1. The average molecular weight is 253 g/mol. The number of H-pyrrole nitrogens is 1. The number of pyridine rings is 1. The van der Waals surface area contributed by atoms with Gasteiger partial charge in [0.05, 0.1) is 5.69 Å². The van der Waals surface area contributed by atoms with E-state index in [0.717, 1.165) is 11.3 Å². The van der Waals surface area contributed by atoms with Crippen LogP contribution in [0.5, 0.6) is 0 Å². The number of aromatic nitrogens is 3. The zero-order valence-electron chi connectivity index (χ0n) is 10.4. The SMILES string of the molecule is Cc1ncccc1-c1nc(-c2ccccc2F)c[nH]1. The summed E-state index contributed by atoms with van der Waals surface area (Å²) in [6.45, 7) is 1.92. The van der Waals surface area contributed by atoms with Gasteiger partial charge in [-0.25, -0.2) is 9.37 Å². The molecule has 0 saturated heterocycles. The molecule has 2 heterocycles. The fraction of sp³-hybridized carbons (Fsp3) is 0.0667. The quantitative estimate of drug-likeness (QED) is 0.758. The zero-order chi connectivity index (χ0) is 13.2. The largest absolute Gasteiger partial charge is 0.344 e. The molecule has 0 aliphatic heterocycles. The molecule has 1 N–H and O–H groups in total. The molecule has 0 atom stereocenters. The topological polar surface area (TPSA) is 41.6 Å². The van der Waals surface area contributed by atoms with E-state index in [2.05, 4.69) is 15.0 Å². The minimum atomic E-state index is -0.275. The van der Waals surface area contributed by atoms with Crippen LogP contribution in [-0.4, -0.2) is 15.0 Å². The minimum absolute atomic E-state index is 0.275. The van der Waals surface area contributed by atoms with E-state index >= 15 is 0 Å². The van der Waals surface area contributed by atoms with Crippen molar-refractivity contribution in [2.45, 2.75) is 6.92 Å². The molecule has 0 fully saturated rings. The fourth-order valence-corrected chi connectivity index (χ4v) is 2.00. The normalized spacial score (nSPS) is 10.6. The maximum atomic E-state index is 13.7. The molecule has 0 aliphatic rings. The Morgan fingerprint density at radius 3 is 2.63 bits per heavy atom. The molecule has 0 bridgehead atoms. The number of halogens is 1. The molecule has 4 heteroatoms. The van der Waals surface area contributed by atoms with Gasteiger partial charge in [0.1, 0.15) is 11.6 Å². The van der Waals surface area contributed by atoms with Gasteiger partial charge in [0.2, 0.25) is 0 Å². The Morgan fingerprint density at radius 2 is 1.84 bits per heavy atom. The van der Waals surface area contributed by atoms with Crippen molar-refractivity contribution in [1.29, 1.82) is 0 Å². The highest BCUT2D eigenvalue weighted by Gasteiger charge is 2.10. The van der Waals surface area contributed by atoms with E-state index in [1.165, 1.54) is 6.07 Å². The van der Waals surface area contributed by atoms with Crippen LogP contribution in [-0.2, 0) is 0 Å². The number of hydrogen-bond donors (Lipinski definition) is 1. The minimum Gasteiger partial charge on any atom is -0.344 e. The second-order valence-corrected chi connectivity index (χ2v) is 4.25. The molecule has 0 unspecified atom stereocenters. The number of aryl methyl sites for hydroxylation is 1. The first kappa shape index (κ1) is 11.6. The molecule has 0 amide bonds. The molecule has 94 valence electrons. The molecule has 3 rings (SSSR count). The molecule has 1 aromatic carbocycles. The first-order valence-electron chi connectivity index (χ1n) is 5.98. The maximum Gasteiger partial charge on any atom is 0.139 e. The van der Waals surface area contributed by atoms with Crippen LogP contribution in [0.25, 0.3) is 22.6 Å². The highest BCUT2D eigenvalue weighted by atomic mass is 19.1. The van der Waals surface area contributed by atoms with Gasteiger partial charge in [-0.1, -0.05) is 12.1 Å². The van der Waals surface area contributed by atoms with Crippen LogP contribution < -0.4 is 0 Å². The van der Waals surface area contributed by atoms with Crippen molar-refractivity contribution in [3.63, 3.8) is 0 Å². The lowest BCUT2D eigenvalue weighted by molar-refractivity contribution is 0.631. The van der Waals surface area contributed by atoms with E-state index in [1.807, 2.05) is 19.1 Å². The highest BCUT2D eigenvalue weighted by molar-refractivity contribution is 5.65. The molecule has 0 aliphatic carbocycles. The van der Waals surface area contributed by atoms with E-state index in [-0.39, 0.29) is 5.82 Å². The number of nitrogens with zero attached hydrogens (tertiary/aromatic N) is 2. The van der Waals surface area contributed by atoms with Crippen LogP contribution in [0.2, 0.25) is 0 Å². The summed E-state index contributed by atoms with van der Waals surface area (Å²) in [5.74, 6) is 0.423. The van der Waals surface area contributed by atoms with Crippen LogP contribution in [0.15, 0.2) is 48.8 Å². The Bertz CT molecular complexity index is 659. The van der Waals surface area contributed by atoms with Crippen molar-refractivity contribution in [2.24, 2.45) is 0 Å². The fourth-order valence-electron chi connectivity index (χ4n) is 2.00. The number of benzene rings is 1. The first-order valence-corrected chi connectivity index (χ1v) is 5.98. The molecule has 0 saturated carbocycles. The lowest BCUT2D eigenvalue weighted by Gasteiger charge is -2.00. The smallest absolute Gasteiger partial charge is 0.139 e. The van der Waals surface area contributed by atoms with E-state index in [9.17, 15) is 4.39 Å². The summed E-state index contributed by atoms with van der Waals surface area (Å²) >= 11 is 0. The molecule has 19 heavy (non-hydrogen) atoms. The van der Waals surface area contributed by atoms with Crippen molar-refractivity contribution >= 4 is 0 Å². The van der Waals surface area contributed by atoms with Gasteiger partial charge in [0, 0.05) is 29.2 Å². The van der Waals surface area contributed by atoms with Crippen LogP contribution in [0, 0.1) is 12.7 Å². The second-order valence-electron chi connectivity index (χ2n) is 4.25. The van der Waals surface area contributed by atoms with Gasteiger partial charge >= 0.3 is 0 Å². The summed E-state index contributed by atoms with van der Waals surface area (Å²) in [5, 5.41) is 0. The van der Waals surface area contributed by atoms with Crippen LogP contribution in [0.1, 0.15) is 5.69 Å². The molecule has 2 aromatic heterocycles. The van der Waals surface area contributed by atoms with Gasteiger partial charge in [-0.15, -0.1) is 0 Å². The van der Waals surface area contributed by atoms with Crippen molar-refractivity contribution in [3.05, 3.63) is 60.3 Å². The monoisotopic (exact) mass is 253 g/mol. The lowest BCUT2D eigenvalue weighted by Crippen LogP contribution is -1.88. The van der Waals surface area contributed by atoms with E-state index in [4.69, 9.17) is 0 Å². The van der Waals surface area contributed by atoms with E-state index in [0.29, 0.717) is 17.1 Å². The Kier molecular flexibility index (Phi) is 2.83. The van der Waals surface area contributed by atoms with Crippen LogP contribution >= 0.6 is 0 Å². The Morgan fingerprint density at radius 1 is 1.05 bits per heavy atom. The van der Waals surface area contributed by atoms with Gasteiger partial charge < -0.3 is 4.98 Å². The Balaban J connectivity index is 2.06. The van der Waals surface area contributed by atoms with Gasteiger partial charge in [-0.2, -0.15) is 0 Å².